The van der Waals surface area contributed by atoms with Gasteiger partial charge in [0, 0.05) is 6.04 Å². The molecule has 0 spiro atoms. The maximum atomic E-state index is 5.85. The lowest BCUT2D eigenvalue weighted by atomic mass is 9.95. The maximum Gasteiger partial charge on any atom is 0.119 e. The summed E-state index contributed by atoms with van der Waals surface area (Å²) in [6.07, 6.45) is 3.77. The second-order valence-corrected chi connectivity index (χ2v) is 4.35. The molecule has 0 saturated heterocycles. The molecule has 10 heavy (non-hydrogen) atoms. The van der Waals surface area contributed by atoms with Crippen molar-refractivity contribution in [2.24, 2.45) is 5.73 Å². The molecular weight excluding hydrogens is 192 g/mol. The molecule has 4 heteroatoms. The smallest absolute Gasteiger partial charge is 0.119 e. The van der Waals surface area contributed by atoms with Crippen molar-refractivity contribution in [1.82, 2.24) is 0 Å². The average Bonchev–Trinajstić information content (AvgIpc) is 1.60. The highest BCUT2D eigenvalue weighted by molar-refractivity contribution is 6.48. The number of hydrogen-bond acceptors (Lipinski definition) is 1. The Balaban J connectivity index is 0.000000810. The van der Waals surface area contributed by atoms with E-state index in [0.29, 0.717) is 0 Å². The summed E-state index contributed by atoms with van der Waals surface area (Å²) in [7, 11) is 0. The van der Waals surface area contributed by atoms with Gasteiger partial charge in [0.2, 0.25) is 0 Å². The molecule has 1 fully saturated rings. The van der Waals surface area contributed by atoms with Crippen molar-refractivity contribution in [2.45, 2.75) is 36.1 Å². The zero-order valence-corrected chi connectivity index (χ0v) is 7.98. The van der Waals surface area contributed by atoms with Gasteiger partial charge in [-0.05, 0) is 25.7 Å². The van der Waals surface area contributed by atoms with Crippen LogP contribution in [0.5, 0.6) is 0 Å². The lowest BCUT2D eigenvalue weighted by molar-refractivity contribution is 0.421. The monoisotopic (exact) mass is 203 g/mol. The molecule has 62 valence electrons. The van der Waals surface area contributed by atoms with Crippen molar-refractivity contribution in [2.75, 3.05) is 0 Å². The van der Waals surface area contributed by atoms with Gasteiger partial charge in [-0.25, -0.2) is 0 Å². The van der Waals surface area contributed by atoms with Crippen molar-refractivity contribution >= 4 is 35.6 Å². The Morgan fingerprint density at radius 3 is 2.30 bits per heavy atom. The Morgan fingerprint density at radius 1 is 1.40 bits per heavy atom. The van der Waals surface area contributed by atoms with Crippen LogP contribution in [0.15, 0.2) is 0 Å². The molecule has 0 aromatic rings. The van der Waals surface area contributed by atoms with Crippen LogP contribution in [-0.4, -0.2) is 10.4 Å². The normalized spacial score (nSPS) is 30.9. The summed E-state index contributed by atoms with van der Waals surface area (Å²) >= 11 is 11.7. The third-order valence-corrected chi connectivity index (χ3v) is 2.36. The maximum absolute atomic E-state index is 5.85. The summed E-state index contributed by atoms with van der Waals surface area (Å²) in [6, 6.07) is 0.216. The van der Waals surface area contributed by atoms with Crippen LogP contribution in [0.2, 0.25) is 0 Å². The molecule has 0 aliphatic heterocycles. The van der Waals surface area contributed by atoms with Gasteiger partial charge in [0.1, 0.15) is 4.33 Å². The van der Waals surface area contributed by atoms with Gasteiger partial charge in [0.05, 0.1) is 0 Å². The second kappa shape index (κ2) is 4.01. The molecule has 0 aromatic carbocycles. The lowest BCUT2D eigenvalue weighted by Gasteiger charge is -2.28. The minimum atomic E-state index is -0.530. The first kappa shape index (κ1) is 10.8. The van der Waals surface area contributed by atoms with Crippen molar-refractivity contribution in [1.29, 1.82) is 0 Å². The van der Waals surface area contributed by atoms with E-state index >= 15 is 0 Å². The molecule has 0 heterocycles. The van der Waals surface area contributed by atoms with Gasteiger partial charge < -0.3 is 5.73 Å². The number of rotatable bonds is 0. The van der Waals surface area contributed by atoms with Crippen LogP contribution in [0.1, 0.15) is 25.7 Å². The Labute approximate surface area is 77.7 Å². The first-order valence-corrected chi connectivity index (χ1v) is 3.99. The van der Waals surface area contributed by atoms with Crippen molar-refractivity contribution in [3.05, 3.63) is 0 Å². The van der Waals surface area contributed by atoms with Gasteiger partial charge in [0.25, 0.3) is 0 Å². The number of hydrogen-bond donors (Lipinski definition) is 1. The third kappa shape index (κ3) is 3.29. The molecule has 1 aliphatic rings. The summed E-state index contributed by atoms with van der Waals surface area (Å²) in [5.41, 5.74) is 5.64. The Bertz CT molecular complexity index is 105. The van der Waals surface area contributed by atoms with E-state index in [1.54, 1.807) is 0 Å². The predicted octanol–water partition coefficient (Wildman–Crippen LogP) is 2.48. The first-order chi connectivity index (χ1) is 4.10. The Morgan fingerprint density at radius 2 is 2.00 bits per heavy atom. The molecule has 2 N–H and O–H groups in total. The molecule has 0 bridgehead atoms. The van der Waals surface area contributed by atoms with Crippen molar-refractivity contribution in [3.8, 4) is 0 Å². The van der Waals surface area contributed by atoms with E-state index in [9.17, 15) is 0 Å². The van der Waals surface area contributed by atoms with E-state index in [1.807, 2.05) is 0 Å². The number of halogens is 3. The standard InChI is InChI=1S/C6H11Cl2N.ClH/c7-6(8)3-1-2-5(9)4-6;/h5H,1-4,9H2;1H. The van der Waals surface area contributed by atoms with Crippen LogP contribution < -0.4 is 5.73 Å². The highest BCUT2D eigenvalue weighted by atomic mass is 35.5. The summed E-state index contributed by atoms with van der Waals surface area (Å²) in [5, 5.41) is 0. The van der Waals surface area contributed by atoms with Crippen LogP contribution >= 0.6 is 35.6 Å². The minimum absolute atomic E-state index is 0. The quantitative estimate of drug-likeness (QED) is 0.603. The van der Waals surface area contributed by atoms with Gasteiger partial charge in [-0.2, -0.15) is 0 Å². The van der Waals surface area contributed by atoms with Crippen LogP contribution in [0.3, 0.4) is 0 Å². The summed E-state index contributed by atoms with van der Waals surface area (Å²) in [5.74, 6) is 0. The molecule has 0 aromatic heterocycles. The van der Waals surface area contributed by atoms with Crippen LogP contribution in [0, 0.1) is 0 Å². The van der Waals surface area contributed by atoms with Gasteiger partial charge in [0.15, 0.2) is 0 Å². The predicted molar refractivity (Wildman–Crippen MR) is 48.1 cm³/mol. The number of nitrogens with two attached hydrogens (primary N) is 1. The minimum Gasteiger partial charge on any atom is -0.328 e. The topological polar surface area (TPSA) is 26.0 Å². The molecule has 1 nitrogen and oxygen atoms in total. The fraction of sp³-hybridized carbons (Fsp3) is 1.00. The van der Waals surface area contributed by atoms with E-state index in [-0.39, 0.29) is 18.4 Å². The zero-order valence-electron chi connectivity index (χ0n) is 5.65. The fourth-order valence-corrected chi connectivity index (χ4v) is 1.87. The largest absolute Gasteiger partial charge is 0.328 e. The summed E-state index contributed by atoms with van der Waals surface area (Å²) in [6.45, 7) is 0. The second-order valence-electron chi connectivity index (χ2n) is 2.71. The van der Waals surface area contributed by atoms with E-state index in [4.69, 9.17) is 28.9 Å². The van der Waals surface area contributed by atoms with E-state index in [0.717, 1.165) is 25.7 Å². The highest BCUT2D eigenvalue weighted by Gasteiger charge is 2.30. The number of alkyl halides is 2. The molecule has 1 aliphatic carbocycles. The fourth-order valence-electron chi connectivity index (χ4n) is 1.21. The molecule has 1 atom stereocenters. The van der Waals surface area contributed by atoms with Gasteiger partial charge >= 0.3 is 0 Å². The highest BCUT2D eigenvalue weighted by Crippen LogP contribution is 2.36. The van der Waals surface area contributed by atoms with Gasteiger partial charge in [-0.1, -0.05) is 0 Å². The summed E-state index contributed by atoms with van der Waals surface area (Å²) in [4.78, 5) is 0. The molecule has 0 radical (unpaired) electrons. The third-order valence-electron chi connectivity index (χ3n) is 1.68. The van der Waals surface area contributed by atoms with E-state index in [1.165, 1.54) is 0 Å². The Hall–Kier alpha value is 0.830. The molecule has 1 unspecified atom stereocenters. The molecule has 1 saturated carbocycles. The SMILES string of the molecule is Cl.NC1CCCC(Cl)(Cl)C1. The lowest BCUT2D eigenvalue weighted by Crippen LogP contribution is -2.33. The van der Waals surface area contributed by atoms with Crippen molar-refractivity contribution in [3.63, 3.8) is 0 Å². The molecular formula is C6H12Cl3N. The van der Waals surface area contributed by atoms with Gasteiger partial charge in [-0.3, -0.25) is 0 Å². The molecule has 1 rings (SSSR count). The van der Waals surface area contributed by atoms with E-state index in [2.05, 4.69) is 0 Å². The van der Waals surface area contributed by atoms with Gasteiger partial charge in [-0.15, -0.1) is 35.6 Å². The summed E-state index contributed by atoms with van der Waals surface area (Å²) < 4.78 is -0.530. The first-order valence-electron chi connectivity index (χ1n) is 3.23. The molecule has 0 amide bonds. The van der Waals surface area contributed by atoms with Crippen molar-refractivity contribution < 1.29 is 0 Å². The Kier molecular flexibility index (Phi) is 4.34. The van der Waals surface area contributed by atoms with Crippen LogP contribution in [0.25, 0.3) is 0 Å². The van der Waals surface area contributed by atoms with Crippen LogP contribution in [0.4, 0.5) is 0 Å². The van der Waals surface area contributed by atoms with Crippen LogP contribution in [-0.2, 0) is 0 Å². The average molecular weight is 205 g/mol. The van der Waals surface area contributed by atoms with E-state index < -0.39 is 4.33 Å². The zero-order chi connectivity index (χ0) is 6.91.